The van der Waals surface area contributed by atoms with Crippen molar-refractivity contribution in [3.63, 3.8) is 0 Å². The standard InChI is InChI=1S/C22H27N3O3/c1-3-13-24(14-11-18-6-4-5-12-23-18)22(27)17-15-21(26)25(16-17)19-7-9-20(28-2)10-8-19/h4-10,12,17H,3,11,13-16H2,1-2H3. The minimum absolute atomic E-state index is 0.00955. The number of carbonyl (C=O) groups excluding carboxylic acids is 2. The lowest BCUT2D eigenvalue weighted by Gasteiger charge is -2.25. The molecule has 1 unspecified atom stereocenters. The highest BCUT2D eigenvalue weighted by Crippen LogP contribution is 2.28. The SMILES string of the molecule is CCCN(CCc1ccccn1)C(=O)C1CC(=O)N(c2ccc(OC)cc2)C1. The molecule has 0 N–H and O–H groups in total. The molecule has 1 atom stereocenters. The van der Waals surface area contributed by atoms with Crippen LogP contribution >= 0.6 is 0 Å². The van der Waals surface area contributed by atoms with E-state index in [4.69, 9.17) is 4.74 Å². The predicted molar refractivity (Wildman–Crippen MR) is 108 cm³/mol. The van der Waals surface area contributed by atoms with Crippen LogP contribution in [0.4, 0.5) is 5.69 Å². The second kappa shape index (κ2) is 9.35. The Kier molecular flexibility index (Phi) is 6.63. The minimum Gasteiger partial charge on any atom is -0.497 e. The molecule has 6 heteroatoms. The van der Waals surface area contributed by atoms with Crippen molar-refractivity contribution < 1.29 is 14.3 Å². The van der Waals surface area contributed by atoms with Crippen molar-refractivity contribution in [2.45, 2.75) is 26.2 Å². The van der Waals surface area contributed by atoms with Crippen LogP contribution in [0.1, 0.15) is 25.5 Å². The number of amides is 2. The number of pyridine rings is 1. The molecule has 6 nitrogen and oxygen atoms in total. The molecule has 3 rings (SSSR count). The summed E-state index contributed by atoms with van der Waals surface area (Å²) in [6.45, 7) is 3.80. The fraction of sp³-hybridized carbons (Fsp3) is 0.409. The van der Waals surface area contributed by atoms with E-state index in [1.165, 1.54) is 0 Å². The molecule has 1 aromatic carbocycles. The van der Waals surface area contributed by atoms with E-state index in [1.54, 1.807) is 18.2 Å². The number of ether oxygens (including phenoxy) is 1. The first-order chi connectivity index (χ1) is 13.6. The van der Waals surface area contributed by atoms with Crippen LogP contribution in [0.25, 0.3) is 0 Å². The molecule has 2 heterocycles. The number of aromatic nitrogens is 1. The van der Waals surface area contributed by atoms with Crippen LogP contribution in [0.15, 0.2) is 48.7 Å². The Morgan fingerprint density at radius 3 is 2.64 bits per heavy atom. The molecule has 0 spiro atoms. The first kappa shape index (κ1) is 19.9. The molecule has 148 valence electrons. The van der Waals surface area contributed by atoms with Crippen LogP contribution < -0.4 is 9.64 Å². The lowest BCUT2D eigenvalue weighted by molar-refractivity contribution is -0.135. The van der Waals surface area contributed by atoms with Gasteiger partial charge in [-0.1, -0.05) is 13.0 Å². The van der Waals surface area contributed by atoms with Gasteiger partial charge in [-0.05, 0) is 42.8 Å². The van der Waals surface area contributed by atoms with Crippen molar-refractivity contribution in [3.05, 3.63) is 54.4 Å². The van der Waals surface area contributed by atoms with Crippen LogP contribution in [0, 0.1) is 5.92 Å². The molecule has 1 fully saturated rings. The predicted octanol–water partition coefficient (Wildman–Crippen LogP) is 2.92. The van der Waals surface area contributed by atoms with Gasteiger partial charge >= 0.3 is 0 Å². The maximum absolute atomic E-state index is 13.1. The number of anilines is 1. The van der Waals surface area contributed by atoms with E-state index in [2.05, 4.69) is 11.9 Å². The Hall–Kier alpha value is -2.89. The van der Waals surface area contributed by atoms with E-state index >= 15 is 0 Å². The summed E-state index contributed by atoms with van der Waals surface area (Å²) in [5, 5.41) is 0. The second-order valence-corrected chi connectivity index (χ2v) is 7.00. The summed E-state index contributed by atoms with van der Waals surface area (Å²) in [5.41, 5.74) is 1.77. The zero-order valence-electron chi connectivity index (χ0n) is 16.5. The summed E-state index contributed by atoms with van der Waals surface area (Å²) in [4.78, 5) is 33.5. The molecule has 0 aliphatic carbocycles. The molecule has 2 amide bonds. The van der Waals surface area contributed by atoms with E-state index in [0.717, 1.165) is 30.0 Å². The van der Waals surface area contributed by atoms with Gasteiger partial charge in [-0.2, -0.15) is 0 Å². The van der Waals surface area contributed by atoms with Gasteiger partial charge in [-0.15, -0.1) is 0 Å². The van der Waals surface area contributed by atoms with Gasteiger partial charge in [0.1, 0.15) is 5.75 Å². The highest BCUT2D eigenvalue weighted by atomic mass is 16.5. The molecule has 1 aliphatic heterocycles. The van der Waals surface area contributed by atoms with Crippen molar-refractivity contribution in [2.24, 2.45) is 5.92 Å². The van der Waals surface area contributed by atoms with Crippen LogP contribution in [-0.2, 0) is 16.0 Å². The van der Waals surface area contributed by atoms with Crippen molar-refractivity contribution in [2.75, 3.05) is 31.6 Å². The van der Waals surface area contributed by atoms with Gasteiger partial charge < -0.3 is 14.5 Å². The van der Waals surface area contributed by atoms with Gasteiger partial charge in [-0.25, -0.2) is 0 Å². The number of hydrogen-bond acceptors (Lipinski definition) is 4. The number of methoxy groups -OCH3 is 1. The van der Waals surface area contributed by atoms with Crippen LogP contribution in [0.2, 0.25) is 0 Å². The smallest absolute Gasteiger partial charge is 0.228 e. The highest BCUT2D eigenvalue weighted by molar-refractivity contribution is 6.00. The lowest BCUT2D eigenvalue weighted by atomic mass is 10.1. The van der Waals surface area contributed by atoms with Crippen molar-refractivity contribution in [3.8, 4) is 5.75 Å². The van der Waals surface area contributed by atoms with Gasteiger partial charge in [0.2, 0.25) is 11.8 Å². The maximum Gasteiger partial charge on any atom is 0.228 e. The number of hydrogen-bond donors (Lipinski definition) is 0. The van der Waals surface area contributed by atoms with E-state index in [9.17, 15) is 9.59 Å². The quantitative estimate of drug-likeness (QED) is 0.705. The number of rotatable bonds is 8. The third kappa shape index (κ3) is 4.68. The highest BCUT2D eigenvalue weighted by Gasteiger charge is 2.37. The zero-order chi connectivity index (χ0) is 19.9. The summed E-state index contributed by atoms with van der Waals surface area (Å²) < 4.78 is 5.17. The first-order valence-corrected chi connectivity index (χ1v) is 9.75. The van der Waals surface area contributed by atoms with Gasteiger partial charge in [-0.3, -0.25) is 14.6 Å². The number of benzene rings is 1. The molecule has 2 aromatic rings. The summed E-state index contributed by atoms with van der Waals surface area (Å²) in [6, 6.07) is 13.2. The Balaban J connectivity index is 1.64. The van der Waals surface area contributed by atoms with Crippen molar-refractivity contribution >= 4 is 17.5 Å². The van der Waals surface area contributed by atoms with E-state index < -0.39 is 0 Å². The van der Waals surface area contributed by atoms with Crippen molar-refractivity contribution in [1.29, 1.82) is 0 Å². The fourth-order valence-electron chi connectivity index (χ4n) is 3.54. The van der Waals surface area contributed by atoms with Gasteiger partial charge in [0.05, 0.1) is 13.0 Å². The summed E-state index contributed by atoms with van der Waals surface area (Å²) in [6.07, 6.45) is 3.63. The number of carbonyl (C=O) groups is 2. The first-order valence-electron chi connectivity index (χ1n) is 9.75. The molecule has 0 bridgehead atoms. The van der Waals surface area contributed by atoms with Crippen molar-refractivity contribution in [1.82, 2.24) is 9.88 Å². The molecule has 1 aliphatic rings. The Labute approximate surface area is 166 Å². The summed E-state index contributed by atoms with van der Waals surface area (Å²) in [5.74, 6) is 0.489. The summed E-state index contributed by atoms with van der Waals surface area (Å²) in [7, 11) is 1.61. The normalized spacial score (nSPS) is 16.3. The maximum atomic E-state index is 13.1. The van der Waals surface area contributed by atoms with Crippen LogP contribution in [0.3, 0.4) is 0 Å². The van der Waals surface area contributed by atoms with Crippen LogP contribution in [0.5, 0.6) is 5.75 Å². The third-order valence-electron chi connectivity index (χ3n) is 5.03. The number of nitrogens with zero attached hydrogens (tertiary/aromatic N) is 3. The topological polar surface area (TPSA) is 62.7 Å². The molecular weight excluding hydrogens is 354 g/mol. The average Bonchev–Trinajstić information content (AvgIpc) is 3.13. The van der Waals surface area contributed by atoms with E-state index in [-0.39, 0.29) is 24.2 Å². The molecule has 28 heavy (non-hydrogen) atoms. The molecule has 0 saturated carbocycles. The third-order valence-corrected chi connectivity index (χ3v) is 5.03. The Morgan fingerprint density at radius 1 is 1.21 bits per heavy atom. The van der Waals surface area contributed by atoms with Gasteiger partial charge in [0, 0.05) is 50.1 Å². The lowest BCUT2D eigenvalue weighted by Crippen LogP contribution is -2.39. The summed E-state index contributed by atoms with van der Waals surface area (Å²) >= 11 is 0. The van der Waals surface area contributed by atoms with Gasteiger partial charge in [0.15, 0.2) is 0 Å². The average molecular weight is 381 g/mol. The molecule has 1 saturated heterocycles. The Morgan fingerprint density at radius 2 is 2.00 bits per heavy atom. The fourth-order valence-corrected chi connectivity index (χ4v) is 3.54. The Bertz CT molecular complexity index is 792. The van der Waals surface area contributed by atoms with Gasteiger partial charge in [0.25, 0.3) is 0 Å². The molecule has 0 radical (unpaired) electrons. The van der Waals surface area contributed by atoms with Crippen LogP contribution in [-0.4, -0.2) is 48.4 Å². The monoisotopic (exact) mass is 381 g/mol. The van der Waals surface area contributed by atoms with E-state index in [1.807, 2.05) is 47.4 Å². The van der Waals surface area contributed by atoms with E-state index in [0.29, 0.717) is 19.6 Å². The molecular formula is C22H27N3O3. The largest absolute Gasteiger partial charge is 0.497 e. The second-order valence-electron chi connectivity index (χ2n) is 7.00. The minimum atomic E-state index is -0.301. The molecule has 1 aromatic heterocycles. The zero-order valence-corrected chi connectivity index (χ0v) is 16.5.